The Hall–Kier alpha value is -3.42. The number of nitrogens with one attached hydrogen (secondary N) is 1. The summed E-state index contributed by atoms with van der Waals surface area (Å²) in [5, 5.41) is 2.54. The number of rotatable bonds is 7. The molecule has 1 aliphatic rings. The molecule has 1 aliphatic heterocycles. The fraction of sp³-hybridized carbons (Fsp3) is 0.250. The van der Waals surface area contributed by atoms with E-state index >= 15 is 0 Å². The number of anilines is 1. The van der Waals surface area contributed by atoms with Crippen LogP contribution in [0.5, 0.6) is 11.5 Å². The van der Waals surface area contributed by atoms with E-state index in [2.05, 4.69) is 5.32 Å². The molecule has 0 radical (unpaired) electrons. The van der Waals surface area contributed by atoms with Gasteiger partial charge in [0.05, 0.1) is 5.69 Å². The molecule has 1 N–H and O–H groups in total. The van der Waals surface area contributed by atoms with Gasteiger partial charge in [-0.05, 0) is 37.1 Å². The summed E-state index contributed by atoms with van der Waals surface area (Å²) in [6.07, 6.45) is 0.430. The number of fused-ring (bicyclic) bond motifs is 1. The second kappa shape index (κ2) is 8.51. The highest BCUT2D eigenvalue weighted by atomic mass is 19.1. The number of hydrogen-bond acceptors (Lipinski definition) is 6. The van der Waals surface area contributed by atoms with E-state index in [1.807, 2.05) is 0 Å². The zero-order valence-electron chi connectivity index (χ0n) is 15.1. The van der Waals surface area contributed by atoms with Crippen molar-refractivity contribution in [3.63, 3.8) is 0 Å². The van der Waals surface area contributed by atoms with Gasteiger partial charge in [-0.2, -0.15) is 0 Å². The number of carbonyl (C=O) groups is 3. The first-order chi connectivity index (χ1) is 13.4. The van der Waals surface area contributed by atoms with Gasteiger partial charge in [0.2, 0.25) is 6.79 Å². The molecule has 2 aromatic carbocycles. The number of Topliss-reactive ketones (excluding diaryl/α,β-unsaturated/α-hetero) is 1. The van der Waals surface area contributed by atoms with Crippen molar-refractivity contribution in [2.75, 3.05) is 18.7 Å². The zero-order valence-corrected chi connectivity index (χ0v) is 15.1. The second-order valence-corrected chi connectivity index (χ2v) is 6.14. The molecule has 0 saturated carbocycles. The number of esters is 1. The van der Waals surface area contributed by atoms with Crippen molar-refractivity contribution in [2.45, 2.75) is 19.8 Å². The highest BCUT2D eigenvalue weighted by Gasteiger charge is 2.20. The Morgan fingerprint density at radius 3 is 2.46 bits per heavy atom. The third kappa shape index (κ3) is 4.85. The first-order valence-corrected chi connectivity index (χ1v) is 8.57. The average molecular weight is 387 g/mol. The second-order valence-electron chi connectivity index (χ2n) is 6.14. The van der Waals surface area contributed by atoms with E-state index in [9.17, 15) is 18.8 Å². The van der Waals surface area contributed by atoms with Crippen molar-refractivity contribution in [1.82, 2.24) is 0 Å². The van der Waals surface area contributed by atoms with Gasteiger partial charge in [0.25, 0.3) is 5.91 Å². The maximum absolute atomic E-state index is 12.9. The fourth-order valence-corrected chi connectivity index (χ4v) is 2.64. The van der Waals surface area contributed by atoms with E-state index in [1.165, 1.54) is 31.2 Å². The van der Waals surface area contributed by atoms with E-state index in [-0.39, 0.29) is 36.1 Å². The molecule has 8 heteroatoms. The average Bonchev–Trinajstić information content (AvgIpc) is 3.12. The maximum atomic E-state index is 12.9. The summed E-state index contributed by atoms with van der Waals surface area (Å²) >= 11 is 0. The van der Waals surface area contributed by atoms with Gasteiger partial charge in [0, 0.05) is 18.1 Å². The van der Waals surface area contributed by atoms with Crippen LogP contribution in [0, 0.1) is 5.82 Å². The lowest BCUT2D eigenvalue weighted by Crippen LogP contribution is -2.22. The van der Waals surface area contributed by atoms with Gasteiger partial charge in [-0.3, -0.25) is 14.4 Å². The minimum absolute atomic E-state index is 0.0374. The molecular weight excluding hydrogens is 369 g/mol. The van der Waals surface area contributed by atoms with Crippen LogP contribution in [-0.2, 0) is 20.7 Å². The summed E-state index contributed by atoms with van der Waals surface area (Å²) in [6.45, 7) is 0.909. The highest BCUT2D eigenvalue weighted by Crippen LogP contribution is 2.37. The first kappa shape index (κ1) is 19.3. The molecule has 146 valence electrons. The molecular formula is C20H18FNO6. The summed E-state index contributed by atoms with van der Waals surface area (Å²) in [5.41, 5.74) is 1.30. The summed E-state index contributed by atoms with van der Waals surface area (Å²) in [5.74, 6) is -0.915. The third-order valence-corrected chi connectivity index (χ3v) is 4.06. The van der Waals surface area contributed by atoms with Gasteiger partial charge < -0.3 is 19.5 Å². The minimum atomic E-state index is -0.587. The van der Waals surface area contributed by atoms with Gasteiger partial charge in [-0.15, -0.1) is 0 Å². The lowest BCUT2D eigenvalue weighted by atomic mass is 10.1. The van der Waals surface area contributed by atoms with Crippen molar-refractivity contribution in [1.29, 1.82) is 0 Å². The molecule has 7 nitrogen and oxygen atoms in total. The number of halogens is 1. The Morgan fingerprint density at radius 2 is 1.79 bits per heavy atom. The van der Waals surface area contributed by atoms with Crippen molar-refractivity contribution < 1.29 is 33.0 Å². The molecule has 0 aromatic heterocycles. The fourth-order valence-electron chi connectivity index (χ4n) is 2.64. The van der Waals surface area contributed by atoms with Crippen LogP contribution in [0.15, 0.2) is 36.4 Å². The van der Waals surface area contributed by atoms with Crippen LogP contribution >= 0.6 is 0 Å². The number of ketones is 1. The van der Waals surface area contributed by atoms with Gasteiger partial charge in [-0.1, -0.05) is 12.1 Å². The molecule has 0 spiro atoms. The van der Waals surface area contributed by atoms with E-state index in [0.717, 1.165) is 5.56 Å². The number of benzene rings is 2. The standard InChI is InChI=1S/C20H18FNO6/c1-12(23)15-8-17-18(28-11-27-17)9-16(15)22-19(24)10-26-20(25)7-4-13-2-5-14(21)6-3-13/h2-3,5-6,8-9H,4,7,10-11H2,1H3,(H,22,24). The van der Waals surface area contributed by atoms with Crippen LogP contribution in [0.2, 0.25) is 0 Å². The van der Waals surface area contributed by atoms with Gasteiger partial charge in [0.15, 0.2) is 23.9 Å². The van der Waals surface area contributed by atoms with Crippen LogP contribution in [0.1, 0.15) is 29.3 Å². The molecule has 2 aromatic rings. The van der Waals surface area contributed by atoms with Crippen molar-refractivity contribution in [3.8, 4) is 11.5 Å². The van der Waals surface area contributed by atoms with E-state index in [1.54, 1.807) is 12.1 Å². The number of aryl methyl sites for hydroxylation is 1. The Bertz CT molecular complexity index is 910. The smallest absolute Gasteiger partial charge is 0.306 e. The Labute approximate surface area is 160 Å². The van der Waals surface area contributed by atoms with Gasteiger partial charge >= 0.3 is 5.97 Å². The molecule has 28 heavy (non-hydrogen) atoms. The molecule has 0 fully saturated rings. The number of ether oxygens (including phenoxy) is 3. The molecule has 0 atom stereocenters. The molecule has 1 amide bonds. The third-order valence-electron chi connectivity index (χ3n) is 4.06. The zero-order chi connectivity index (χ0) is 20.1. The SMILES string of the molecule is CC(=O)c1cc2c(cc1NC(=O)COC(=O)CCc1ccc(F)cc1)OCO2. The van der Waals surface area contributed by atoms with Crippen molar-refractivity contribution in [3.05, 3.63) is 53.3 Å². The number of amides is 1. The van der Waals surface area contributed by atoms with Crippen molar-refractivity contribution >= 4 is 23.3 Å². The molecule has 0 bridgehead atoms. The van der Waals surface area contributed by atoms with E-state index in [0.29, 0.717) is 17.9 Å². The molecule has 3 rings (SSSR count). The van der Waals surface area contributed by atoms with Crippen molar-refractivity contribution in [2.24, 2.45) is 0 Å². The predicted molar refractivity (Wildman–Crippen MR) is 96.9 cm³/mol. The summed E-state index contributed by atoms with van der Waals surface area (Å²) in [4.78, 5) is 35.7. The van der Waals surface area contributed by atoms with Crippen LogP contribution in [0.3, 0.4) is 0 Å². The highest BCUT2D eigenvalue weighted by molar-refractivity contribution is 6.05. The Morgan fingerprint density at radius 1 is 1.11 bits per heavy atom. The Kier molecular flexibility index (Phi) is 5.88. The molecule has 1 heterocycles. The first-order valence-electron chi connectivity index (χ1n) is 8.57. The lowest BCUT2D eigenvalue weighted by Gasteiger charge is -2.11. The molecule has 0 unspecified atom stereocenters. The predicted octanol–water partition coefficient (Wildman–Crippen LogP) is 2.87. The van der Waals surface area contributed by atoms with E-state index < -0.39 is 18.5 Å². The van der Waals surface area contributed by atoms with Gasteiger partial charge in [-0.25, -0.2) is 4.39 Å². The topological polar surface area (TPSA) is 90.9 Å². The van der Waals surface area contributed by atoms with Crippen LogP contribution in [0.25, 0.3) is 0 Å². The van der Waals surface area contributed by atoms with Crippen LogP contribution in [-0.4, -0.2) is 31.1 Å². The quantitative estimate of drug-likeness (QED) is 0.580. The number of carbonyl (C=O) groups excluding carboxylic acids is 3. The summed E-state index contributed by atoms with van der Waals surface area (Å²) in [6, 6.07) is 8.77. The number of hydrogen-bond donors (Lipinski definition) is 1. The van der Waals surface area contributed by atoms with Crippen LogP contribution < -0.4 is 14.8 Å². The van der Waals surface area contributed by atoms with Gasteiger partial charge in [0.1, 0.15) is 5.82 Å². The minimum Gasteiger partial charge on any atom is -0.456 e. The van der Waals surface area contributed by atoms with E-state index in [4.69, 9.17) is 14.2 Å². The molecule has 0 saturated heterocycles. The Balaban J connectivity index is 1.52. The summed E-state index contributed by atoms with van der Waals surface area (Å²) in [7, 11) is 0. The summed E-state index contributed by atoms with van der Waals surface area (Å²) < 4.78 is 28.3. The normalized spacial score (nSPS) is 11.8. The largest absolute Gasteiger partial charge is 0.456 e. The molecule has 0 aliphatic carbocycles. The lowest BCUT2D eigenvalue weighted by molar-refractivity contribution is -0.147. The van der Waals surface area contributed by atoms with Crippen LogP contribution in [0.4, 0.5) is 10.1 Å². The maximum Gasteiger partial charge on any atom is 0.306 e. The monoisotopic (exact) mass is 387 g/mol.